The zero-order valence-electron chi connectivity index (χ0n) is 9.36. The van der Waals surface area contributed by atoms with Gasteiger partial charge in [0.2, 0.25) is 0 Å². The van der Waals surface area contributed by atoms with Crippen molar-refractivity contribution in [3.63, 3.8) is 0 Å². The molecule has 0 aliphatic heterocycles. The summed E-state index contributed by atoms with van der Waals surface area (Å²) in [4.78, 5) is 12.6. The highest BCUT2D eigenvalue weighted by Gasteiger charge is 2.10. The fourth-order valence-electron chi connectivity index (χ4n) is 1.21. The first-order valence-electron chi connectivity index (χ1n) is 5.04. The Hall–Kier alpha value is -1.61. The van der Waals surface area contributed by atoms with Crippen molar-refractivity contribution in [3.8, 4) is 0 Å². The maximum atomic E-state index is 13.3. The molecule has 0 saturated carbocycles. The molecule has 0 aromatic heterocycles. The number of hydrogen-bond donors (Lipinski definition) is 0. The largest absolute Gasteiger partial charge is 0.293 e. The van der Waals surface area contributed by atoms with Crippen molar-refractivity contribution in [2.24, 2.45) is 0 Å². The molecule has 3 heteroatoms. The first kappa shape index (κ1) is 13.5. The monoisotopic (exact) mass is 248 g/mol. The summed E-state index contributed by atoms with van der Waals surface area (Å²) < 4.78 is 13.3. The Balaban J connectivity index is 2.68. The highest BCUT2D eigenvalue weighted by molar-refractivity contribution is 8.03. The van der Waals surface area contributed by atoms with Crippen LogP contribution in [0.2, 0.25) is 0 Å². The summed E-state index contributed by atoms with van der Waals surface area (Å²) in [6, 6.07) is 5.98. The third kappa shape index (κ3) is 4.04. The average Bonchev–Trinajstić information content (AvgIpc) is 2.34. The Kier molecular flexibility index (Phi) is 5.43. The van der Waals surface area contributed by atoms with E-state index >= 15 is 0 Å². The summed E-state index contributed by atoms with van der Waals surface area (Å²) in [6.45, 7) is 7.19. The third-order valence-electron chi connectivity index (χ3n) is 2.03. The van der Waals surface area contributed by atoms with E-state index in [0.717, 1.165) is 4.91 Å². The van der Waals surface area contributed by atoms with E-state index in [1.165, 1.54) is 23.9 Å². The number of Topliss-reactive ketones (excluding diaryl/α,β-unsaturated/α-hetero) is 1. The van der Waals surface area contributed by atoms with Crippen LogP contribution in [-0.2, 0) is 0 Å². The lowest BCUT2D eigenvalue weighted by Gasteiger charge is -2.02. The summed E-state index contributed by atoms with van der Waals surface area (Å²) in [5.41, 5.74) is 0.127. The van der Waals surface area contributed by atoms with Crippen LogP contribution in [0.1, 0.15) is 10.4 Å². The number of carbonyl (C=O) groups is 1. The molecular formula is C14H13FOS. The second kappa shape index (κ2) is 6.86. The minimum atomic E-state index is -0.481. The van der Waals surface area contributed by atoms with Gasteiger partial charge >= 0.3 is 0 Å². The van der Waals surface area contributed by atoms with Crippen LogP contribution in [0.15, 0.2) is 60.6 Å². The molecule has 1 aromatic carbocycles. The van der Waals surface area contributed by atoms with Crippen molar-refractivity contribution in [1.82, 2.24) is 0 Å². The maximum absolute atomic E-state index is 13.3. The van der Waals surface area contributed by atoms with E-state index in [9.17, 15) is 9.18 Å². The number of ketones is 1. The quantitative estimate of drug-likeness (QED) is 0.559. The molecule has 0 atom stereocenters. The van der Waals surface area contributed by atoms with Gasteiger partial charge in [-0.2, -0.15) is 0 Å². The fourth-order valence-corrected chi connectivity index (χ4v) is 1.97. The number of allylic oxidation sites excluding steroid dienone is 3. The molecule has 1 rings (SSSR count). The predicted octanol–water partition coefficient (Wildman–Crippen LogP) is 4.00. The van der Waals surface area contributed by atoms with E-state index in [4.69, 9.17) is 0 Å². The van der Waals surface area contributed by atoms with Gasteiger partial charge in [-0.1, -0.05) is 37.4 Å². The van der Waals surface area contributed by atoms with Crippen LogP contribution in [0.5, 0.6) is 0 Å². The maximum Gasteiger partial charge on any atom is 0.176 e. The Morgan fingerprint density at radius 3 is 2.65 bits per heavy atom. The molecule has 0 heterocycles. The van der Waals surface area contributed by atoms with Crippen LogP contribution in [-0.4, -0.2) is 11.5 Å². The topological polar surface area (TPSA) is 17.1 Å². The Morgan fingerprint density at radius 2 is 2.06 bits per heavy atom. The minimum Gasteiger partial charge on any atom is -0.293 e. The van der Waals surface area contributed by atoms with E-state index in [-0.39, 0.29) is 17.1 Å². The number of benzene rings is 1. The van der Waals surface area contributed by atoms with Crippen LogP contribution in [0.4, 0.5) is 4.39 Å². The fraction of sp³-hybridized carbons (Fsp3) is 0.0714. The van der Waals surface area contributed by atoms with Crippen LogP contribution in [0.25, 0.3) is 0 Å². The molecule has 0 saturated heterocycles. The molecule has 1 aromatic rings. The van der Waals surface area contributed by atoms with E-state index in [2.05, 4.69) is 13.2 Å². The first-order valence-corrected chi connectivity index (χ1v) is 6.03. The number of halogens is 1. The van der Waals surface area contributed by atoms with E-state index in [1.54, 1.807) is 30.4 Å². The van der Waals surface area contributed by atoms with Gasteiger partial charge in [0.05, 0.1) is 11.3 Å². The molecule has 1 nitrogen and oxygen atoms in total. The summed E-state index contributed by atoms with van der Waals surface area (Å²) in [5.74, 6) is -0.525. The van der Waals surface area contributed by atoms with Crippen molar-refractivity contribution in [1.29, 1.82) is 0 Å². The highest BCUT2D eigenvalue weighted by Crippen LogP contribution is 2.19. The van der Waals surface area contributed by atoms with E-state index < -0.39 is 5.82 Å². The first-order chi connectivity index (χ1) is 8.19. The summed E-state index contributed by atoms with van der Waals surface area (Å²) in [6.07, 6.45) is 5.02. The van der Waals surface area contributed by atoms with Gasteiger partial charge in [0.1, 0.15) is 5.82 Å². The molecule has 0 unspecified atom stereocenters. The van der Waals surface area contributed by atoms with Gasteiger partial charge in [-0.15, -0.1) is 11.8 Å². The summed E-state index contributed by atoms with van der Waals surface area (Å²) in [7, 11) is 0. The molecule has 17 heavy (non-hydrogen) atoms. The van der Waals surface area contributed by atoms with E-state index in [1.807, 2.05) is 0 Å². The smallest absolute Gasteiger partial charge is 0.176 e. The van der Waals surface area contributed by atoms with Crippen LogP contribution in [0.3, 0.4) is 0 Å². The van der Waals surface area contributed by atoms with Crippen LogP contribution >= 0.6 is 11.8 Å². The lowest BCUT2D eigenvalue weighted by atomic mass is 10.1. The number of rotatable bonds is 6. The van der Waals surface area contributed by atoms with Gasteiger partial charge in [-0.05, 0) is 18.2 Å². The van der Waals surface area contributed by atoms with Gasteiger partial charge in [0.25, 0.3) is 0 Å². The number of hydrogen-bond acceptors (Lipinski definition) is 2. The highest BCUT2D eigenvalue weighted by atomic mass is 32.2. The molecule has 0 aliphatic carbocycles. The molecule has 0 amide bonds. The van der Waals surface area contributed by atoms with Crippen molar-refractivity contribution in [2.45, 2.75) is 0 Å². The van der Waals surface area contributed by atoms with Gasteiger partial charge in [0.15, 0.2) is 5.78 Å². The minimum absolute atomic E-state index is 0.127. The molecule has 88 valence electrons. The molecule has 0 bridgehead atoms. The van der Waals surface area contributed by atoms with Gasteiger partial charge in [-0.3, -0.25) is 4.79 Å². The molecule has 0 fully saturated rings. The Morgan fingerprint density at radius 1 is 1.35 bits per heavy atom. The van der Waals surface area contributed by atoms with Crippen molar-refractivity contribution in [2.75, 3.05) is 5.75 Å². The average molecular weight is 248 g/mol. The second-order valence-electron chi connectivity index (χ2n) is 3.20. The number of thioether (sulfide) groups is 1. The molecule has 0 N–H and O–H groups in total. The number of carbonyl (C=O) groups excluding carboxylic acids is 1. The summed E-state index contributed by atoms with van der Waals surface area (Å²) in [5, 5.41) is 0. The van der Waals surface area contributed by atoms with Gasteiger partial charge in [-0.25, -0.2) is 4.39 Å². The third-order valence-corrected chi connectivity index (χ3v) is 3.07. The predicted molar refractivity (Wildman–Crippen MR) is 71.7 cm³/mol. The zero-order chi connectivity index (χ0) is 12.7. The summed E-state index contributed by atoms with van der Waals surface area (Å²) >= 11 is 1.31. The Labute approximate surface area is 105 Å². The molecule has 0 aliphatic rings. The normalized spacial score (nSPS) is 11.0. The van der Waals surface area contributed by atoms with Crippen molar-refractivity contribution >= 4 is 17.5 Å². The zero-order valence-corrected chi connectivity index (χ0v) is 10.2. The van der Waals surface area contributed by atoms with Gasteiger partial charge in [0, 0.05) is 4.91 Å². The van der Waals surface area contributed by atoms with E-state index in [0.29, 0.717) is 0 Å². The molecule has 0 spiro atoms. The lowest BCUT2D eigenvalue weighted by molar-refractivity contribution is 0.101. The van der Waals surface area contributed by atoms with Crippen LogP contribution < -0.4 is 0 Å². The van der Waals surface area contributed by atoms with Gasteiger partial charge < -0.3 is 0 Å². The standard InChI is InChI=1S/C14H13FOS/c1-3-7-11(4-2)17-10-14(16)12-8-5-6-9-13(12)15/h3-9H,1-2,10H2/b11-7+. The SMILES string of the molecule is C=C/C=C(\C=C)SCC(=O)c1ccccc1F. The Bertz CT molecular complexity index is 463. The molecule has 0 radical (unpaired) electrons. The van der Waals surface area contributed by atoms with Crippen LogP contribution in [0, 0.1) is 5.82 Å². The second-order valence-corrected chi connectivity index (χ2v) is 4.25. The molecular weight excluding hydrogens is 235 g/mol. The lowest BCUT2D eigenvalue weighted by Crippen LogP contribution is -2.05. The van der Waals surface area contributed by atoms with Crippen molar-refractivity contribution in [3.05, 3.63) is 71.9 Å². The van der Waals surface area contributed by atoms with Crippen molar-refractivity contribution < 1.29 is 9.18 Å².